The minimum Gasteiger partial charge on any atom is -0.347 e. The van der Waals surface area contributed by atoms with Crippen LogP contribution in [-0.4, -0.2) is 48.9 Å². The van der Waals surface area contributed by atoms with Gasteiger partial charge in [0.05, 0.1) is 6.54 Å². The lowest BCUT2D eigenvalue weighted by Crippen LogP contribution is -2.50. The van der Waals surface area contributed by atoms with Crippen molar-refractivity contribution < 1.29 is 9.59 Å². The van der Waals surface area contributed by atoms with Crippen LogP contribution in [0.15, 0.2) is 0 Å². The topological polar surface area (TPSA) is 61.4 Å². The molecule has 1 fully saturated rings. The summed E-state index contributed by atoms with van der Waals surface area (Å²) in [7, 11) is 0. The van der Waals surface area contributed by atoms with Gasteiger partial charge in [-0.3, -0.25) is 9.59 Å². The molecule has 1 rings (SSSR count). The fourth-order valence-corrected chi connectivity index (χ4v) is 2.39. The molecule has 2 N–H and O–H groups in total. The monoisotopic (exact) mass is 283 g/mol. The second kappa shape index (κ2) is 7.62. The molecular formula is C15H29N3O2. The Morgan fingerprint density at radius 1 is 1.25 bits per heavy atom. The van der Waals surface area contributed by atoms with E-state index < -0.39 is 5.41 Å². The second-order valence-corrected chi connectivity index (χ2v) is 6.50. The first-order valence-corrected chi connectivity index (χ1v) is 7.64. The molecular weight excluding hydrogens is 254 g/mol. The van der Waals surface area contributed by atoms with Crippen LogP contribution < -0.4 is 10.6 Å². The van der Waals surface area contributed by atoms with Gasteiger partial charge in [-0.25, -0.2) is 0 Å². The predicted molar refractivity (Wildman–Crippen MR) is 80.4 cm³/mol. The number of hydrogen-bond acceptors (Lipinski definition) is 3. The molecule has 0 aromatic rings. The summed E-state index contributed by atoms with van der Waals surface area (Å²) in [6, 6.07) is 0.315. The Hall–Kier alpha value is -1.10. The summed E-state index contributed by atoms with van der Waals surface area (Å²) in [6.07, 6.45) is 2.95. The highest BCUT2D eigenvalue weighted by molar-refractivity contribution is 5.87. The van der Waals surface area contributed by atoms with Gasteiger partial charge in [0, 0.05) is 18.0 Å². The molecule has 0 radical (unpaired) electrons. The van der Waals surface area contributed by atoms with Crippen molar-refractivity contribution in [2.24, 2.45) is 5.41 Å². The fraction of sp³-hybridized carbons (Fsp3) is 0.867. The van der Waals surface area contributed by atoms with E-state index in [0.29, 0.717) is 6.04 Å². The molecule has 0 aromatic carbocycles. The van der Waals surface area contributed by atoms with E-state index in [1.165, 1.54) is 0 Å². The van der Waals surface area contributed by atoms with Crippen molar-refractivity contribution >= 4 is 11.8 Å². The predicted octanol–water partition coefficient (Wildman–Crippen LogP) is 1.14. The Balaban J connectivity index is 2.53. The fourth-order valence-electron chi connectivity index (χ4n) is 2.39. The van der Waals surface area contributed by atoms with E-state index in [1.807, 2.05) is 25.7 Å². The summed E-state index contributed by atoms with van der Waals surface area (Å²) < 4.78 is 0. The van der Waals surface area contributed by atoms with Crippen LogP contribution in [0, 0.1) is 5.41 Å². The minimum atomic E-state index is -0.454. The molecule has 1 saturated heterocycles. The van der Waals surface area contributed by atoms with Gasteiger partial charge in [-0.15, -0.1) is 0 Å². The first kappa shape index (κ1) is 17.0. The molecule has 0 atom stereocenters. The van der Waals surface area contributed by atoms with Gasteiger partial charge < -0.3 is 15.5 Å². The smallest absolute Gasteiger partial charge is 0.242 e. The molecule has 5 nitrogen and oxygen atoms in total. The Morgan fingerprint density at radius 2 is 1.85 bits per heavy atom. The highest BCUT2D eigenvalue weighted by Gasteiger charge is 2.26. The van der Waals surface area contributed by atoms with E-state index in [-0.39, 0.29) is 18.4 Å². The lowest BCUT2D eigenvalue weighted by Gasteiger charge is -2.35. The number of nitrogens with one attached hydrogen (secondary N) is 2. The molecule has 1 aliphatic heterocycles. The number of amides is 2. The van der Waals surface area contributed by atoms with Gasteiger partial charge in [0.2, 0.25) is 11.8 Å². The van der Waals surface area contributed by atoms with Crippen LogP contribution in [-0.2, 0) is 9.59 Å². The van der Waals surface area contributed by atoms with Crippen LogP contribution in [0.3, 0.4) is 0 Å². The zero-order valence-electron chi connectivity index (χ0n) is 13.3. The lowest BCUT2D eigenvalue weighted by atomic mass is 9.96. The maximum atomic E-state index is 12.4. The highest BCUT2D eigenvalue weighted by atomic mass is 16.2. The largest absolute Gasteiger partial charge is 0.347 e. The second-order valence-electron chi connectivity index (χ2n) is 6.50. The molecule has 0 unspecified atom stereocenters. The van der Waals surface area contributed by atoms with Crippen molar-refractivity contribution in [1.82, 2.24) is 15.5 Å². The summed E-state index contributed by atoms with van der Waals surface area (Å²) in [5, 5.41) is 6.07. The summed E-state index contributed by atoms with van der Waals surface area (Å²) in [6.45, 7) is 10.4. The Bertz CT molecular complexity index is 331. The van der Waals surface area contributed by atoms with E-state index in [0.717, 1.165) is 38.9 Å². The molecule has 1 heterocycles. The Morgan fingerprint density at radius 3 is 2.35 bits per heavy atom. The summed E-state index contributed by atoms with van der Waals surface area (Å²) in [5.41, 5.74) is -0.454. The van der Waals surface area contributed by atoms with Gasteiger partial charge in [-0.05, 0) is 32.4 Å². The van der Waals surface area contributed by atoms with Crippen LogP contribution in [0.1, 0.15) is 47.0 Å². The first-order valence-electron chi connectivity index (χ1n) is 7.64. The quantitative estimate of drug-likeness (QED) is 0.795. The third kappa shape index (κ3) is 5.12. The van der Waals surface area contributed by atoms with Crippen molar-refractivity contribution in [3.8, 4) is 0 Å². The standard InChI is InChI=1S/C15H29N3O2/c1-5-10-18(12-6-8-16-9-7-12)13(19)11-17-14(20)15(2,3)4/h12,16H,5-11H2,1-4H3,(H,17,20). The van der Waals surface area contributed by atoms with E-state index in [1.54, 1.807) is 0 Å². The van der Waals surface area contributed by atoms with Crippen molar-refractivity contribution in [2.75, 3.05) is 26.2 Å². The number of carbonyl (C=O) groups excluding carboxylic acids is 2. The summed E-state index contributed by atoms with van der Waals surface area (Å²) in [5.74, 6) is -0.0380. The average molecular weight is 283 g/mol. The SMILES string of the molecule is CCCN(C(=O)CNC(=O)C(C)(C)C)C1CCNCC1. The molecule has 0 aliphatic carbocycles. The maximum absolute atomic E-state index is 12.4. The average Bonchev–Trinajstić information content (AvgIpc) is 2.41. The molecule has 0 spiro atoms. The third-order valence-electron chi connectivity index (χ3n) is 3.62. The van der Waals surface area contributed by atoms with Crippen molar-refractivity contribution in [3.05, 3.63) is 0 Å². The lowest BCUT2D eigenvalue weighted by molar-refractivity contribution is -0.137. The third-order valence-corrected chi connectivity index (χ3v) is 3.62. The molecule has 0 bridgehead atoms. The van der Waals surface area contributed by atoms with Crippen LogP contribution in [0.2, 0.25) is 0 Å². The van der Waals surface area contributed by atoms with Gasteiger partial charge >= 0.3 is 0 Å². The van der Waals surface area contributed by atoms with Crippen molar-refractivity contribution in [1.29, 1.82) is 0 Å². The molecule has 116 valence electrons. The zero-order valence-corrected chi connectivity index (χ0v) is 13.3. The molecule has 0 aromatic heterocycles. The van der Waals surface area contributed by atoms with Crippen LogP contribution >= 0.6 is 0 Å². The van der Waals surface area contributed by atoms with Gasteiger partial charge in [0.25, 0.3) is 0 Å². The van der Waals surface area contributed by atoms with E-state index in [4.69, 9.17) is 0 Å². The van der Waals surface area contributed by atoms with Gasteiger partial charge in [0.15, 0.2) is 0 Å². The minimum absolute atomic E-state index is 0.0383. The molecule has 0 saturated carbocycles. The van der Waals surface area contributed by atoms with Gasteiger partial charge in [-0.2, -0.15) is 0 Å². The number of piperidine rings is 1. The maximum Gasteiger partial charge on any atom is 0.242 e. The van der Waals surface area contributed by atoms with Gasteiger partial charge in [0.1, 0.15) is 0 Å². The Kier molecular flexibility index (Phi) is 6.46. The zero-order chi connectivity index (χ0) is 15.2. The van der Waals surface area contributed by atoms with E-state index in [2.05, 4.69) is 17.6 Å². The number of nitrogens with zero attached hydrogens (tertiary/aromatic N) is 1. The number of rotatable bonds is 5. The van der Waals surface area contributed by atoms with E-state index in [9.17, 15) is 9.59 Å². The molecule has 1 aliphatic rings. The normalized spacial score (nSPS) is 16.8. The van der Waals surface area contributed by atoms with Crippen molar-refractivity contribution in [2.45, 2.75) is 53.0 Å². The number of hydrogen-bond donors (Lipinski definition) is 2. The van der Waals surface area contributed by atoms with Crippen molar-refractivity contribution in [3.63, 3.8) is 0 Å². The molecule has 20 heavy (non-hydrogen) atoms. The van der Waals surface area contributed by atoms with Crippen LogP contribution in [0.25, 0.3) is 0 Å². The molecule has 2 amide bonds. The van der Waals surface area contributed by atoms with Crippen LogP contribution in [0.4, 0.5) is 0 Å². The van der Waals surface area contributed by atoms with Crippen LogP contribution in [0.5, 0.6) is 0 Å². The Labute approximate surface area is 122 Å². The molecule has 5 heteroatoms. The van der Waals surface area contributed by atoms with Gasteiger partial charge in [-0.1, -0.05) is 27.7 Å². The number of carbonyl (C=O) groups is 2. The summed E-state index contributed by atoms with van der Waals surface area (Å²) >= 11 is 0. The summed E-state index contributed by atoms with van der Waals surface area (Å²) in [4.78, 5) is 26.1. The first-order chi connectivity index (χ1) is 9.36. The highest BCUT2D eigenvalue weighted by Crippen LogP contribution is 2.14. The van der Waals surface area contributed by atoms with E-state index >= 15 is 0 Å².